The smallest absolute Gasteiger partial charge is 0.390 e. The van der Waals surface area contributed by atoms with Crippen LogP contribution in [0.3, 0.4) is 0 Å². The highest BCUT2D eigenvalue weighted by Gasteiger charge is 2.31. The van der Waals surface area contributed by atoms with Crippen LogP contribution in [0, 0.1) is 12.8 Å². The topological polar surface area (TPSA) is 57.0 Å². The summed E-state index contributed by atoms with van der Waals surface area (Å²) in [7, 11) is 0. The summed E-state index contributed by atoms with van der Waals surface area (Å²) in [6.07, 6.45) is 4.24. The molecule has 28 heavy (non-hydrogen) atoms. The van der Waals surface area contributed by atoms with Gasteiger partial charge in [-0.3, -0.25) is 14.5 Å². The third kappa shape index (κ3) is 4.91. The van der Waals surface area contributed by atoms with E-state index in [4.69, 9.17) is 4.74 Å². The van der Waals surface area contributed by atoms with Gasteiger partial charge in [-0.05, 0) is 31.4 Å². The van der Waals surface area contributed by atoms with Crippen LogP contribution in [0.15, 0.2) is 24.7 Å². The molecule has 0 N–H and O–H groups in total. The van der Waals surface area contributed by atoms with Crippen LogP contribution < -0.4 is 4.74 Å². The zero-order valence-corrected chi connectivity index (χ0v) is 15.8. The first-order valence-electron chi connectivity index (χ1n) is 9.50. The number of hydrogen-bond acceptors (Lipinski definition) is 4. The number of aryl methyl sites for hydroxylation is 2. The molecule has 0 aromatic carbocycles. The third-order valence-electron chi connectivity index (χ3n) is 5.37. The summed E-state index contributed by atoms with van der Waals surface area (Å²) in [6.45, 7) is 2.01. The lowest BCUT2D eigenvalue weighted by atomic mass is 9.78. The summed E-state index contributed by atoms with van der Waals surface area (Å²) in [5.74, 6) is 0.682. The third-order valence-corrected chi connectivity index (χ3v) is 5.37. The van der Waals surface area contributed by atoms with Crippen molar-refractivity contribution in [3.63, 3.8) is 0 Å². The highest BCUT2D eigenvalue weighted by molar-refractivity contribution is 5.81. The van der Waals surface area contributed by atoms with Gasteiger partial charge in [-0.15, -0.1) is 0 Å². The predicted octanol–water partition coefficient (Wildman–Crippen LogP) is 4.70. The average molecular weight is 395 g/mol. The average Bonchev–Trinajstić information content (AvgIpc) is 3.13. The molecule has 2 unspecified atom stereocenters. The quantitative estimate of drug-likeness (QED) is 0.638. The molecule has 3 rings (SSSR count). The van der Waals surface area contributed by atoms with Crippen LogP contribution >= 0.6 is 0 Å². The van der Waals surface area contributed by atoms with Crippen molar-refractivity contribution in [2.24, 2.45) is 5.92 Å². The Morgan fingerprint density at radius 2 is 2.07 bits per heavy atom. The molecule has 0 spiro atoms. The lowest BCUT2D eigenvalue weighted by molar-refractivity contribution is -0.137. The van der Waals surface area contributed by atoms with Crippen molar-refractivity contribution in [3.05, 3.63) is 41.5 Å². The van der Waals surface area contributed by atoms with E-state index in [1.165, 1.54) is 10.9 Å². The van der Waals surface area contributed by atoms with Crippen molar-refractivity contribution in [1.82, 2.24) is 14.8 Å². The number of carbonyl (C=O) groups excluding carboxylic acids is 1. The monoisotopic (exact) mass is 395 g/mol. The number of carbonyl (C=O) groups is 1. The van der Waals surface area contributed by atoms with Crippen LogP contribution in [-0.2, 0) is 6.54 Å². The number of hydrogen-bond donors (Lipinski definition) is 0. The Balaban J connectivity index is 1.73. The number of ether oxygens (including phenoxy) is 1. The Morgan fingerprint density at radius 3 is 2.82 bits per heavy atom. The van der Waals surface area contributed by atoms with E-state index in [1.807, 2.05) is 6.07 Å². The second-order valence-electron chi connectivity index (χ2n) is 7.29. The first-order valence-corrected chi connectivity index (χ1v) is 9.50. The van der Waals surface area contributed by atoms with Crippen LogP contribution in [0.1, 0.15) is 59.6 Å². The van der Waals surface area contributed by atoms with E-state index in [0.29, 0.717) is 17.9 Å². The van der Waals surface area contributed by atoms with Crippen LogP contribution in [0.4, 0.5) is 13.2 Å². The van der Waals surface area contributed by atoms with Gasteiger partial charge in [-0.2, -0.15) is 18.3 Å². The molecule has 0 saturated heterocycles. The molecule has 1 aliphatic rings. The van der Waals surface area contributed by atoms with Crippen molar-refractivity contribution in [1.29, 1.82) is 0 Å². The van der Waals surface area contributed by atoms with E-state index in [-0.39, 0.29) is 18.4 Å². The van der Waals surface area contributed by atoms with Gasteiger partial charge in [0, 0.05) is 36.5 Å². The van der Waals surface area contributed by atoms with E-state index in [0.717, 1.165) is 43.2 Å². The number of rotatable bonds is 7. The Kier molecular flexibility index (Phi) is 6.36. The second-order valence-corrected chi connectivity index (χ2v) is 7.29. The van der Waals surface area contributed by atoms with E-state index in [9.17, 15) is 18.0 Å². The van der Waals surface area contributed by atoms with Crippen LogP contribution in [0.25, 0.3) is 0 Å². The molecule has 8 heteroatoms. The summed E-state index contributed by atoms with van der Waals surface area (Å²) < 4.78 is 45.2. The van der Waals surface area contributed by atoms with Gasteiger partial charge in [0.1, 0.15) is 5.75 Å². The molecule has 2 atom stereocenters. The van der Waals surface area contributed by atoms with Crippen molar-refractivity contribution in [3.8, 4) is 5.75 Å². The molecule has 0 amide bonds. The lowest BCUT2D eigenvalue weighted by Gasteiger charge is -2.32. The lowest BCUT2D eigenvalue weighted by Crippen LogP contribution is -2.27. The minimum Gasteiger partial charge on any atom is -0.491 e. The number of aldehydes is 1. The molecule has 0 bridgehead atoms. The SMILES string of the molecule is Cc1cncc(OCC2CCCCC2c2ccnn2CCC(F)(F)F)c1C=O. The van der Waals surface area contributed by atoms with Gasteiger partial charge >= 0.3 is 6.18 Å². The molecule has 152 valence electrons. The summed E-state index contributed by atoms with van der Waals surface area (Å²) in [6, 6.07) is 1.81. The number of alkyl halides is 3. The van der Waals surface area contributed by atoms with E-state index < -0.39 is 12.6 Å². The fourth-order valence-electron chi connectivity index (χ4n) is 3.89. The van der Waals surface area contributed by atoms with Gasteiger partial charge in [0.25, 0.3) is 0 Å². The van der Waals surface area contributed by atoms with Crippen molar-refractivity contribution < 1.29 is 22.7 Å². The number of aromatic nitrogens is 3. The molecule has 0 aliphatic heterocycles. The van der Waals surface area contributed by atoms with Crippen LogP contribution in [0.5, 0.6) is 5.75 Å². The zero-order valence-electron chi connectivity index (χ0n) is 15.8. The highest BCUT2D eigenvalue weighted by Crippen LogP contribution is 2.38. The van der Waals surface area contributed by atoms with Gasteiger partial charge in [0.15, 0.2) is 6.29 Å². The molecule has 5 nitrogen and oxygen atoms in total. The largest absolute Gasteiger partial charge is 0.491 e. The summed E-state index contributed by atoms with van der Waals surface area (Å²) in [5.41, 5.74) is 2.06. The molecule has 2 aromatic rings. The second kappa shape index (κ2) is 8.75. The number of halogens is 3. The molecule has 2 heterocycles. The Hall–Kier alpha value is -2.38. The minimum atomic E-state index is -4.21. The fraction of sp³-hybridized carbons (Fsp3) is 0.550. The maximum Gasteiger partial charge on any atom is 0.390 e. The van der Waals surface area contributed by atoms with Gasteiger partial charge in [-0.25, -0.2) is 0 Å². The van der Waals surface area contributed by atoms with Gasteiger partial charge in [-0.1, -0.05) is 12.8 Å². The Labute approximate surface area is 161 Å². The molecule has 0 radical (unpaired) electrons. The molecule has 1 saturated carbocycles. The maximum absolute atomic E-state index is 12.6. The van der Waals surface area contributed by atoms with Gasteiger partial charge < -0.3 is 4.74 Å². The van der Waals surface area contributed by atoms with E-state index >= 15 is 0 Å². The van der Waals surface area contributed by atoms with Gasteiger partial charge in [0.2, 0.25) is 0 Å². The van der Waals surface area contributed by atoms with E-state index in [1.54, 1.807) is 19.3 Å². The summed E-state index contributed by atoms with van der Waals surface area (Å²) in [4.78, 5) is 15.4. The van der Waals surface area contributed by atoms with Crippen molar-refractivity contribution in [2.45, 2.75) is 57.7 Å². The standard InChI is InChI=1S/C20H24F3N3O2/c1-14-10-24-11-19(17(14)12-27)28-13-15-4-2-3-5-16(15)18-6-8-25-26(18)9-7-20(21,22)23/h6,8,10-12,15-16H,2-5,7,9,13H2,1H3. The maximum atomic E-state index is 12.6. The Morgan fingerprint density at radius 1 is 1.29 bits per heavy atom. The van der Waals surface area contributed by atoms with Crippen LogP contribution in [-0.4, -0.2) is 33.8 Å². The first kappa shape index (κ1) is 20.4. The normalized spacial score (nSPS) is 20.1. The number of nitrogens with zero attached hydrogens (tertiary/aromatic N) is 3. The number of pyridine rings is 1. The molecule has 1 aliphatic carbocycles. The molecule has 2 aromatic heterocycles. The Bertz CT molecular complexity index is 804. The zero-order chi connectivity index (χ0) is 20.1. The van der Waals surface area contributed by atoms with Crippen molar-refractivity contribution in [2.75, 3.05) is 6.61 Å². The molecular formula is C20H24F3N3O2. The summed E-state index contributed by atoms with van der Waals surface area (Å²) in [5, 5.41) is 4.11. The van der Waals surface area contributed by atoms with Gasteiger partial charge in [0.05, 0.1) is 24.8 Å². The van der Waals surface area contributed by atoms with Crippen molar-refractivity contribution >= 4 is 6.29 Å². The highest BCUT2D eigenvalue weighted by atomic mass is 19.4. The first-order chi connectivity index (χ1) is 13.4. The fourth-order valence-corrected chi connectivity index (χ4v) is 3.89. The predicted molar refractivity (Wildman–Crippen MR) is 97.5 cm³/mol. The molecule has 1 fully saturated rings. The van der Waals surface area contributed by atoms with Crippen LogP contribution in [0.2, 0.25) is 0 Å². The minimum absolute atomic E-state index is 0.0851. The van der Waals surface area contributed by atoms with E-state index in [2.05, 4.69) is 10.1 Å². The molecular weight excluding hydrogens is 371 g/mol. The summed E-state index contributed by atoms with van der Waals surface area (Å²) >= 11 is 0.